The van der Waals surface area contributed by atoms with Crippen molar-refractivity contribution in [3.05, 3.63) is 95.6 Å². The molecule has 0 bridgehead atoms. The SMILES string of the molecule is CN[C@@H](C)C(=O)N[C@H]1CCCCC2CC[C@@H](C(=O)N[C@@H](c3ccccc3)c3cn(CCCCCCCCn4cc([C@@H](NC(=O)[C@@H]5CCC6CCCC[C@H](NC(=O)[C@H](C)NC)C(=O)N65)c5ccccc5)nn4)nn3)N2C1=O. The van der Waals surface area contributed by atoms with Gasteiger partial charge in [0.1, 0.15) is 35.6 Å². The second-order valence-corrected chi connectivity index (χ2v) is 21.3. The first-order valence-electron chi connectivity index (χ1n) is 28.0. The molecule has 2 aromatic carbocycles. The highest BCUT2D eigenvalue weighted by molar-refractivity contribution is 5.95. The van der Waals surface area contributed by atoms with Gasteiger partial charge in [-0.05, 0) is 103 Å². The van der Waals surface area contributed by atoms with Crippen LogP contribution in [0.2, 0.25) is 0 Å². The van der Waals surface area contributed by atoms with Crippen molar-refractivity contribution in [3.63, 3.8) is 0 Å². The van der Waals surface area contributed by atoms with E-state index in [4.69, 9.17) is 0 Å². The molecule has 4 saturated heterocycles. The van der Waals surface area contributed by atoms with Gasteiger partial charge in [-0.2, -0.15) is 0 Å². The first-order valence-corrected chi connectivity index (χ1v) is 28.0. The summed E-state index contributed by atoms with van der Waals surface area (Å²) in [4.78, 5) is 85.9. The van der Waals surface area contributed by atoms with Gasteiger partial charge >= 0.3 is 0 Å². The molecule has 6 amide bonds. The highest BCUT2D eigenvalue weighted by atomic mass is 16.2. The van der Waals surface area contributed by atoms with Crippen LogP contribution in [-0.2, 0) is 41.9 Å². The van der Waals surface area contributed by atoms with Crippen LogP contribution in [0.15, 0.2) is 73.1 Å². The van der Waals surface area contributed by atoms with Crippen molar-refractivity contribution in [2.24, 2.45) is 0 Å². The Labute approximate surface area is 447 Å². The lowest BCUT2D eigenvalue weighted by atomic mass is 9.98. The highest BCUT2D eigenvalue weighted by Crippen LogP contribution is 2.34. The van der Waals surface area contributed by atoms with Gasteiger partial charge in [0.15, 0.2) is 0 Å². The molecule has 20 heteroatoms. The molecule has 4 fully saturated rings. The van der Waals surface area contributed by atoms with Crippen molar-refractivity contribution < 1.29 is 28.8 Å². The van der Waals surface area contributed by atoms with Gasteiger partial charge in [0.2, 0.25) is 35.4 Å². The van der Waals surface area contributed by atoms with E-state index in [-0.39, 0.29) is 47.5 Å². The number of amides is 6. The quantitative estimate of drug-likeness (QED) is 0.0568. The molecule has 20 nitrogen and oxygen atoms in total. The molecule has 76 heavy (non-hydrogen) atoms. The Morgan fingerprint density at radius 3 is 1.30 bits per heavy atom. The molecule has 6 heterocycles. The topological polar surface area (TPSA) is 242 Å². The lowest BCUT2D eigenvalue weighted by Crippen LogP contribution is -2.58. The number of fused-ring (bicyclic) bond motifs is 2. The number of aromatic nitrogens is 6. The Hall–Kier alpha value is -6.54. The number of nitrogens with one attached hydrogen (secondary N) is 6. The smallest absolute Gasteiger partial charge is 0.246 e. The number of benzene rings is 2. The van der Waals surface area contributed by atoms with Gasteiger partial charge in [0, 0.05) is 25.2 Å². The van der Waals surface area contributed by atoms with Crippen LogP contribution in [0.3, 0.4) is 0 Å². The largest absolute Gasteiger partial charge is 0.343 e. The zero-order valence-corrected chi connectivity index (χ0v) is 44.9. The van der Waals surface area contributed by atoms with Gasteiger partial charge in [-0.1, -0.05) is 122 Å². The third-order valence-electron chi connectivity index (χ3n) is 16.1. The monoisotopic (exact) mass is 1040 g/mol. The molecular formula is C56H80N14O6. The van der Waals surface area contributed by atoms with Crippen LogP contribution in [0.25, 0.3) is 0 Å². The van der Waals surface area contributed by atoms with Crippen molar-refractivity contribution in [2.45, 2.75) is 203 Å². The summed E-state index contributed by atoms with van der Waals surface area (Å²) in [6.07, 6.45) is 18.6. The van der Waals surface area contributed by atoms with E-state index in [0.29, 0.717) is 50.2 Å². The van der Waals surface area contributed by atoms with E-state index in [2.05, 4.69) is 52.5 Å². The Morgan fingerprint density at radius 2 is 0.908 bits per heavy atom. The number of nitrogens with zero attached hydrogens (tertiary/aromatic N) is 8. The fraction of sp³-hybridized carbons (Fsp3) is 0.607. The van der Waals surface area contributed by atoms with E-state index < -0.39 is 48.3 Å². The third-order valence-corrected chi connectivity index (χ3v) is 16.1. The molecule has 0 saturated carbocycles. The molecule has 2 aromatic heterocycles. The van der Waals surface area contributed by atoms with Crippen LogP contribution in [-0.4, -0.2) is 138 Å². The number of hydrogen-bond donors (Lipinski definition) is 6. The summed E-state index contributed by atoms with van der Waals surface area (Å²) in [7, 11) is 3.42. The first-order chi connectivity index (χ1) is 36.9. The maximum Gasteiger partial charge on any atom is 0.246 e. The van der Waals surface area contributed by atoms with Crippen molar-refractivity contribution in [1.82, 2.24) is 71.7 Å². The fourth-order valence-electron chi connectivity index (χ4n) is 11.5. The highest BCUT2D eigenvalue weighted by Gasteiger charge is 2.46. The maximum atomic E-state index is 14.3. The molecule has 4 aliphatic heterocycles. The predicted molar refractivity (Wildman–Crippen MR) is 286 cm³/mol. The molecule has 6 N–H and O–H groups in total. The Balaban J connectivity index is 0.806. The van der Waals surface area contributed by atoms with E-state index in [1.54, 1.807) is 37.7 Å². The Bertz CT molecular complexity index is 2380. The lowest BCUT2D eigenvalue weighted by Gasteiger charge is -2.36. The van der Waals surface area contributed by atoms with Crippen LogP contribution < -0.4 is 31.9 Å². The maximum absolute atomic E-state index is 14.3. The molecule has 2 unspecified atom stereocenters. The molecule has 10 atom stereocenters. The van der Waals surface area contributed by atoms with Gasteiger partial charge in [-0.15, -0.1) is 10.2 Å². The lowest BCUT2D eigenvalue weighted by molar-refractivity contribution is -0.144. The number of rotatable bonds is 23. The minimum atomic E-state index is -0.677. The van der Waals surface area contributed by atoms with Crippen LogP contribution in [0.5, 0.6) is 0 Å². The molecular weight excluding hydrogens is 965 g/mol. The number of carbonyl (C=O) groups excluding carboxylic acids is 6. The van der Waals surface area contributed by atoms with Crippen LogP contribution in [0, 0.1) is 0 Å². The van der Waals surface area contributed by atoms with E-state index in [1.807, 2.05) is 82.4 Å². The summed E-state index contributed by atoms with van der Waals surface area (Å²) in [5.74, 6) is -1.33. The summed E-state index contributed by atoms with van der Waals surface area (Å²) >= 11 is 0. The third kappa shape index (κ3) is 13.9. The molecule has 0 radical (unpaired) electrons. The number of hydrogen-bond acceptors (Lipinski definition) is 12. The van der Waals surface area contributed by atoms with Crippen molar-refractivity contribution >= 4 is 35.4 Å². The van der Waals surface area contributed by atoms with Crippen molar-refractivity contribution in [2.75, 3.05) is 14.1 Å². The first kappa shape index (κ1) is 55.7. The summed E-state index contributed by atoms with van der Waals surface area (Å²) < 4.78 is 3.67. The summed E-state index contributed by atoms with van der Waals surface area (Å²) in [6.45, 7) is 4.88. The molecule has 4 aromatic rings. The van der Waals surface area contributed by atoms with Gasteiger partial charge in [0.25, 0.3) is 0 Å². The van der Waals surface area contributed by atoms with Crippen molar-refractivity contribution in [1.29, 1.82) is 0 Å². The van der Waals surface area contributed by atoms with E-state index in [0.717, 1.165) is 101 Å². The zero-order chi connectivity index (χ0) is 53.6. The molecule has 8 rings (SSSR count). The van der Waals surface area contributed by atoms with Crippen LogP contribution in [0.4, 0.5) is 0 Å². The fourth-order valence-corrected chi connectivity index (χ4v) is 11.5. The van der Waals surface area contributed by atoms with Gasteiger partial charge < -0.3 is 41.7 Å². The van der Waals surface area contributed by atoms with Crippen molar-refractivity contribution in [3.8, 4) is 0 Å². The van der Waals surface area contributed by atoms with Gasteiger partial charge in [0.05, 0.1) is 36.6 Å². The minimum Gasteiger partial charge on any atom is -0.343 e. The standard InChI is InChI=1S/C56H80N14O6/c1-37(57-3)51(71)59-43-27-17-15-25-41-29-31-47(69(41)55(43)75)53(73)61-49(39-21-11-9-12-22-39)45-35-67(65-63-45)33-19-7-5-6-8-20-34-68-36-46(64-66-68)50(40-23-13-10-14-24-40)62-54(74)48-32-30-42-26-16-18-28-44(56(76)70(42)48)60-52(72)38(2)58-4/h9-14,21-24,35-38,41-44,47-50,57-58H,5-8,15-20,25-34H2,1-4H3,(H,59,71)(H,60,72)(H,61,73)(H,62,74)/t37-,38-,41?,42?,43-,44-,47-,48-,49-,50-/m0/s1. The number of aryl methyl sites for hydroxylation is 2. The van der Waals surface area contributed by atoms with Crippen LogP contribution in [0.1, 0.15) is 164 Å². The number of likely N-dealkylation sites (N-methyl/N-ethyl adjacent to an activating group) is 2. The average molecular weight is 1050 g/mol. The second kappa shape index (κ2) is 27.0. The Kier molecular flexibility index (Phi) is 19.8. The van der Waals surface area contributed by atoms with Gasteiger partial charge in [-0.25, -0.2) is 0 Å². The molecule has 0 spiro atoms. The summed E-state index contributed by atoms with van der Waals surface area (Å²) in [5, 5.41) is 36.3. The average Bonchev–Trinajstić information content (AvgIpc) is 4.30. The van der Waals surface area contributed by atoms with E-state index >= 15 is 0 Å². The molecule has 4 aliphatic rings. The summed E-state index contributed by atoms with van der Waals surface area (Å²) in [5.41, 5.74) is 2.98. The number of carbonyl (C=O) groups is 6. The zero-order valence-electron chi connectivity index (χ0n) is 44.9. The second-order valence-electron chi connectivity index (χ2n) is 21.3. The minimum absolute atomic E-state index is 0.0499. The molecule has 0 aliphatic carbocycles. The van der Waals surface area contributed by atoms with Gasteiger partial charge in [-0.3, -0.25) is 38.1 Å². The van der Waals surface area contributed by atoms with E-state index in [1.165, 1.54) is 0 Å². The Morgan fingerprint density at radius 1 is 0.526 bits per heavy atom. The normalized spacial score (nSPS) is 23.4. The molecule has 410 valence electrons. The summed E-state index contributed by atoms with van der Waals surface area (Å²) in [6, 6.07) is 14.6. The van der Waals surface area contributed by atoms with Crippen LogP contribution >= 0.6 is 0 Å². The number of unbranched alkanes of at least 4 members (excludes halogenated alkanes) is 5. The van der Waals surface area contributed by atoms with E-state index in [9.17, 15) is 28.8 Å². The predicted octanol–water partition coefficient (Wildman–Crippen LogP) is 4.37.